The van der Waals surface area contributed by atoms with Crippen LogP contribution in [0, 0.1) is 24.8 Å². The standard InChI is InChI=1S/C17H15O2/c1-3-14(4-2)10-11-16-12-13-17(19-16)18-15-8-6-5-7-9-15/h1-3,5-9,12-14H,10-11H2. The highest BCUT2D eigenvalue weighted by molar-refractivity contribution is 5.26. The quantitative estimate of drug-likeness (QED) is 0.716. The van der Waals surface area contributed by atoms with E-state index >= 15 is 0 Å². The Bertz CT molecular complexity index is 560. The molecule has 0 N–H and O–H groups in total. The fourth-order valence-electron chi connectivity index (χ4n) is 1.69. The molecule has 19 heavy (non-hydrogen) atoms. The molecule has 0 bridgehead atoms. The predicted molar refractivity (Wildman–Crippen MR) is 74.7 cm³/mol. The van der Waals surface area contributed by atoms with E-state index in [2.05, 4.69) is 5.92 Å². The molecular formula is C17H15O2. The third kappa shape index (κ3) is 3.79. The minimum atomic E-state index is -0.0245. The Balaban J connectivity index is 1.92. The number of hydrogen-bond acceptors (Lipinski definition) is 2. The molecule has 1 radical (unpaired) electrons. The molecule has 0 fully saturated rings. The van der Waals surface area contributed by atoms with Gasteiger partial charge in [0.2, 0.25) is 0 Å². The van der Waals surface area contributed by atoms with Crippen LogP contribution in [-0.2, 0) is 6.42 Å². The maximum Gasteiger partial charge on any atom is 0.290 e. The van der Waals surface area contributed by atoms with Gasteiger partial charge in [0.05, 0.1) is 0 Å². The molecule has 1 atom stereocenters. The first-order valence-corrected chi connectivity index (χ1v) is 6.14. The van der Waals surface area contributed by atoms with E-state index in [1.807, 2.05) is 36.4 Å². The van der Waals surface area contributed by atoms with Gasteiger partial charge in [0.1, 0.15) is 11.5 Å². The molecule has 0 amide bonds. The molecule has 1 heterocycles. The van der Waals surface area contributed by atoms with E-state index in [4.69, 9.17) is 22.2 Å². The van der Waals surface area contributed by atoms with Crippen LogP contribution in [0.15, 0.2) is 53.0 Å². The summed E-state index contributed by atoms with van der Waals surface area (Å²) in [6, 6.07) is 13.2. The number of rotatable bonds is 6. The average Bonchev–Trinajstić information content (AvgIpc) is 2.89. The second-order valence-electron chi connectivity index (χ2n) is 4.14. The van der Waals surface area contributed by atoms with Crippen LogP contribution >= 0.6 is 0 Å². The van der Waals surface area contributed by atoms with Crippen LogP contribution in [0.4, 0.5) is 0 Å². The van der Waals surface area contributed by atoms with Gasteiger partial charge in [0, 0.05) is 18.4 Å². The monoisotopic (exact) mass is 251 g/mol. The van der Waals surface area contributed by atoms with Gasteiger partial charge >= 0.3 is 0 Å². The lowest BCUT2D eigenvalue weighted by atomic mass is 10.0. The Kier molecular flexibility index (Phi) is 4.47. The smallest absolute Gasteiger partial charge is 0.290 e. The Labute approximate surface area is 113 Å². The van der Waals surface area contributed by atoms with Crippen LogP contribution in [0.2, 0.25) is 0 Å². The summed E-state index contributed by atoms with van der Waals surface area (Å²) >= 11 is 0. The first-order valence-electron chi connectivity index (χ1n) is 6.14. The van der Waals surface area contributed by atoms with Gasteiger partial charge in [-0.25, -0.2) is 0 Å². The number of aryl methyl sites for hydroxylation is 1. The van der Waals surface area contributed by atoms with E-state index in [0.29, 0.717) is 5.95 Å². The highest BCUT2D eigenvalue weighted by Crippen LogP contribution is 2.24. The Hall–Kier alpha value is -2.40. The van der Waals surface area contributed by atoms with Crippen LogP contribution in [0.3, 0.4) is 0 Å². The first kappa shape index (κ1) is 13.0. The zero-order valence-electron chi connectivity index (χ0n) is 10.6. The van der Waals surface area contributed by atoms with Gasteiger partial charge in [-0.05, 0) is 24.6 Å². The summed E-state index contributed by atoms with van der Waals surface area (Å²) in [7, 11) is 0. The zero-order chi connectivity index (χ0) is 13.5. The lowest BCUT2D eigenvalue weighted by molar-refractivity contribution is 0.330. The normalized spacial score (nSPS) is 11.5. The van der Waals surface area contributed by atoms with Crippen LogP contribution in [0.5, 0.6) is 11.7 Å². The second-order valence-corrected chi connectivity index (χ2v) is 4.14. The molecule has 1 unspecified atom stereocenters. The van der Waals surface area contributed by atoms with Gasteiger partial charge in [-0.15, -0.1) is 6.42 Å². The van der Waals surface area contributed by atoms with Crippen molar-refractivity contribution in [2.75, 3.05) is 0 Å². The van der Waals surface area contributed by atoms with Crippen molar-refractivity contribution >= 4 is 0 Å². The maximum atomic E-state index is 5.58. The molecule has 2 nitrogen and oxygen atoms in total. The summed E-state index contributed by atoms with van der Waals surface area (Å²) in [6.45, 7) is 5.43. The molecule has 2 rings (SSSR count). The molecule has 95 valence electrons. The highest BCUT2D eigenvalue weighted by Gasteiger charge is 2.06. The third-order valence-corrected chi connectivity index (χ3v) is 2.75. The van der Waals surface area contributed by atoms with E-state index in [0.717, 1.165) is 24.4 Å². The number of hydrogen-bond donors (Lipinski definition) is 0. The van der Waals surface area contributed by atoms with Gasteiger partial charge in [-0.2, -0.15) is 0 Å². The summed E-state index contributed by atoms with van der Waals surface area (Å²) < 4.78 is 11.2. The fourth-order valence-corrected chi connectivity index (χ4v) is 1.69. The molecular weight excluding hydrogens is 236 g/mol. The van der Waals surface area contributed by atoms with Crippen molar-refractivity contribution in [3.63, 3.8) is 0 Å². The summed E-state index contributed by atoms with van der Waals surface area (Å²) in [5, 5.41) is 0. The zero-order valence-corrected chi connectivity index (χ0v) is 10.6. The van der Waals surface area contributed by atoms with Gasteiger partial charge in [0.15, 0.2) is 0 Å². The van der Waals surface area contributed by atoms with Crippen LogP contribution in [0.25, 0.3) is 0 Å². The average molecular weight is 251 g/mol. The third-order valence-electron chi connectivity index (χ3n) is 2.75. The van der Waals surface area contributed by atoms with Gasteiger partial charge in [0.25, 0.3) is 5.95 Å². The van der Waals surface area contributed by atoms with Crippen molar-refractivity contribution in [1.82, 2.24) is 0 Å². The van der Waals surface area contributed by atoms with Crippen LogP contribution in [-0.4, -0.2) is 0 Å². The number of furan rings is 1. The van der Waals surface area contributed by atoms with E-state index in [9.17, 15) is 0 Å². The molecule has 0 aliphatic carbocycles. The Morgan fingerprint density at radius 2 is 2.00 bits per heavy atom. The molecule has 0 saturated carbocycles. The van der Waals surface area contributed by atoms with Gasteiger partial charge < -0.3 is 9.15 Å². The molecule has 1 aromatic heterocycles. The predicted octanol–water partition coefficient (Wildman–Crippen LogP) is 4.24. The maximum absolute atomic E-state index is 5.58. The Morgan fingerprint density at radius 3 is 2.68 bits per heavy atom. The van der Waals surface area contributed by atoms with Crippen molar-refractivity contribution in [3.8, 4) is 24.0 Å². The van der Waals surface area contributed by atoms with Gasteiger partial charge in [-0.3, -0.25) is 0 Å². The SMILES string of the molecule is [CH]=CC(C#C)CCc1ccc(Oc2ccccc2)o1. The first-order chi connectivity index (χ1) is 9.31. The topological polar surface area (TPSA) is 22.4 Å². The molecule has 2 heteroatoms. The molecule has 0 aliphatic rings. The minimum absolute atomic E-state index is 0.0245. The number of benzene rings is 1. The lowest BCUT2D eigenvalue weighted by Gasteiger charge is -2.03. The van der Waals surface area contributed by atoms with E-state index in [1.165, 1.54) is 6.08 Å². The van der Waals surface area contributed by atoms with Crippen molar-refractivity contribution in [2.24, 2.45) is 5.92 Å². The van der Waals surface area contributed by atoms with Crippen molar-refractivity contribution < 1.29 is 9.15 Å². The molecule has 0 spiro atoms. The second kappa shape index (κ2) is 6.51. The molecule has 1 aromatic carbocycles. The van der Waals surface area contributed by atoms with Crippen molar-refractivity contribution in [3.05, 3.63) is 60.9 Å². The minimum Gasteiger partial charge on any atom is -0.431 e. The largest absolute Gasteiger partial charge is 0.431 e. The van der Waals surface area contributed by atoms with E-state index in [1.54, 1.807) is 6.07 Å². The summed E-state index contributed by atoms with van der Waals surface area (Å²) in [6.07, 6.45) is 8.38. The van der Waals surface area contributed by atoms with Gasteiger partial charge in [-0.1, -0.05) is 36.8 Å². The van der Waals surface area contributed by atoms with E-state index < -0.39 is 0 Å². The van der Waals surface area contributed by atoms with Crippen molar-refractivity contribution in [2.45, 2.75) is 12.8 Å². The summed E-state index contributed by atoms with van der Waals surface area (Å²) in [5.74, 6) is 4.66. The van der Waals surface area contributed by atoms with Crippen LogP contribution < -0.4 is 4.74 Å². The summed E-state index contributed by atoms with van der Waals surface area (Å²) in [4.78, 5) is 0. The number of terminal acetylenes is 1. The molecule has 0 saturated heterocycles. The lowest BCUT2D eigenvalue weighted by Crippen LogP contribution is -1.94. The number of ether oxygens (including phenoxy) is 1. The fraction of sp³-hybridized carbons (Fsp3) is 0.176. The van der Waals surface area contributed by atoms with Crippen LogP contribution in [0.1, 0.15) is 12.2 Å². The Morgan fingerprint density at radius 1 is 1.21 bits per heavy atom. The highest BCUT2D eigenvalue weighted by atomic mass is 16.6. The number of allylic oxidation sites excluding steroid dienone is 1. The summed E-state index contributed by atoms with van der Waals surface area (Å²) in [5.41, 5.74) is 0. The van der Waals surface area contributed by atoms with Crippen molar-refractivity contribution in [1.29, 1.82) is 0 Å². The number of para-hydroxylation sites is 1. The molecule has 0 aliphatic heterocycles. The van der Waals surface area contributed by atoms with E-state index in [-0.39, 0.29) is 5.92 Å². The molecule has 2 aromatic rings.